The van der Waals surface area contributed by atoms with Crippen molar-refractivity contribution in [3.63, 3.8) is 0 Å². The molecule has 62 valence electrons. The van der Waals surface area contributed by atoms with Gasteiger partial charge >= 0.3 is 0 Å². The van der Waals surface area contributed by atoms with Crippen molar-refractivity contribution < 1.29 is 20.1 Å². The third kappa shape index (κ3) is 1.42. The molecule has 1 heterocycles. The molecule has 0 unspecified atom stereocenters. The maximum atomic E-state index is 9.22. The van der Waals surface area contributed by atoms with E-state index >= 15 is 0 Å². The molecule has 1 rings (SSSR count). The maximum absolute atomic E-state index is 9.22. The van der Waals surface area contributed by atoms with Gasteiger partial charge in [0.15, 0.2) is 0 Å². The summed E-state index contributed by atoms with van der Waals surface area (Å²) in [6.45, 7) is 1.11. The average molecular weight is 158 g/mol. The Hall–Kier alpha value is -0.0951. The Morgan fingerprint density at radius 2 is 2.09 bits per heavy atom. The van der Waals surface area contributed by atoms with Crippen molar-refractivity contribution in [2.24, 2.45) is 0 Å². The van der Waals surface area contributed by atoms with Crippen LogP contribution in [-0.2, 0) is 4.74 Å². The lowest BCUT2D eigenvalue weighted by Crippen LogP contribution is -2.40. The van der Waals surface area contributed by atoms with Crippen LogP contribution in [0, 0.1) is 0 Å². The highest BCUT2D eigenvalue weighted by Crippen LogP contribution is 2.27. The van der Waals surface area contributed by atoms with Crippen molar-refractivity contribution in [2.75, 3.05) is 6.61 Å². The minimum Gasteiger partial charge on any atom is -0.394 e. The second-order valence-electron chi connectivity index (χ2n) is 2.96. The van der Waals surface area contributed by atoms with E-state index in [2.05, 4.69) is 0 Å². The highest BCUT2D eigenvalue weighted by Gasteiger charge is 2.46. The lowest BCUT2D eigenvalue weighted by molar-refractivity contribution is -0.0333. The summed E-state index contributed by atoms with van der Waals surface area (Å²) in [7, 11) is 5.43. The van der Waals surface area contributed by atoms with E-state index in [0.29, 0.717) is 0 Å². The van der Waals surface area contributed by atoms with Gasteiger partial charge in [-0.05, 0) is 6.92 Å². The van der Waals surface area contributed by atoms with Crippen LogP contribution in [0.4, 0.5) is 0 Å². The molecule has 4 nitrogen and oxygen atoms in total. The first-order valence-corrected chi connectivity index (χ1v) is 3.42. The van der Waals surface area contributed by atoms with Crippen molar-refractivity contribution in [3.05, 3.63) is 0 Å². The van der Waals surface area contributed by atoms with E-state index in [1.807, 2.05) is 0 Å². The molecule has 0 saturated carbocycles. The van der Waals surface area contributed by atoms with Gasteiger partial charge < -0.3 is 20.1 Å². The van der Waals surface area contributed by atoms with Crippen LogP contribution in [0.1, 0.15) is 6.92 Å². The lowest BCUT2D eigenvalue weighted by Gasteiger charge is -2.22. The van der Waals surface area contributed by atoms with Gasteiger partial charge in [0.2, 0.25) is 0 Å². The Balaban J connectivity index is 2.69. The molecule has 11 heavy (non-hydrogen) atoms. The van der Waals surface area contributed by atoms with E-state index in [9.17, 15) is 10.2 Å². The summed E-state index contributed by atoms with van der Waals surface area (Å²) in [5.74, 6) is 0. The number of hydrogen-bond acceptors (Lipinski definition) is 4. The van der Waals surface area contributed by atoms with E-state index in [1.165, 1.54) is 6.92 Å². The molecule has 2 radical (unpaired) electrons. The fraction of sp³-hybridized carbons (Fsp3) is 1.00. The quantitative estimate of drug-likeness (QED) is 0.385. The molecule has 1 saturated heterocycles. The van der Waals surface area contributed by atoms with Crippen molar-refractivity contribution in [1.29, 1.82) is 0 Å². The van der Waals surface area contributed by atoms with Gasteiger partial charge in [0.1, 0.15) is 26.2 Å². The molecule has 5 heteroatoms. The van der Waals surface area contributed by atoms with E-state index in [1.54, 1.807) is 0 Å². The first kappa shape index (κ1) is 9.00. The number of rotatable bonds is 1. The predicted molar refractivity (Wildman–Crippen MR) is 38.1 cm³/mol. The van der Waals surface area contributed by atoms with Gasteiger partial charge in [-0.25, -0.2) is 0 Å². The summed E-state index contributed by atoms with van der Waals surface area (Å²) < 4.78 is 4.95. The van der Waals surface area contributed by atoms with Crippen molar-refractivity contribution in [3.8, 4) is 0 Å². The second kappa shape index (κ2) is 2.75. The van der Waals surface area contributed by atoms with Gasteiger partial charge in [0.05, 0.1) is 12.1 Å². The number of aliphatic hydroxyl groups is 3. The summed E-state index contributed by atoms with van der Waals surface area (Å²) in [5.41, 5.74) is -1.26. The molecule has 1 fully saturated rings. The summed E-state index contributed by atoms with van der Waals surface area (Å²) in [4.78, 5) is 0. The van der Waals surface area contributed by atoms with Crippen LogP contribution < -0.4 is 0 Å². The SMILES string of the molecule is [B][C@]1(C)O[C@H](CO)[C@H](O)[C@@H]1O. The third-order valence-corrected chi connectivity index (χ3v) is 1.88. The van der Waals surface area contributed by atoms with E-state index in [4.69, 9.17) is 17.7 Å². The summed E-state index contributed by atoms with van der Waals surface area (Å²) in [6.07, 6.45) is -3.02. The lowest BCUT2D eigenvalue weighted by atomic mass is 9.78. The normalized spacial score (nSPS) is 51.5. The highest BCUT2D eigenvalue weighted by molar-refractivity contribution is 6.15. The van der Waals surface area contributed by atoms with E-state index < -0.39 is 23.8 Å². The Kier molecular flexibility index (Phi) is 2.25. The van der Waals surface area contributed by atoms with Crippen LogP contribution in [0.5, 0.6) is 0 Å². The fourth-order valence-electron chi connectivity index (χ4n) is 1.15. The number of ether oxygens (including phenoxy) is 1. The Morgan fingerprint density at radius 3 is 2.27 bits per heavy atom. The minimum atomic E-state index is -1.26. The van der Waals surface area contributed by atoms with Crippen LogP contribution in [0.25, 0.3) is 0 Å². The van der Waals surface area contributed by atoms with Gasteiger partial charge in [0.25, 0.3) is 0 Å². The van der Waals surface area contributed by atoms with Crippen LogP contribution in [0.15, 0.2) is 0 Å². The third-order valence-electron chi connectivity index (χ3n) is 1.88. The van der Waals surface area contributed by atoms with Crippen LogP contribution in [-0.4, -0.2) is 53.6 Å². The zero-order valence-corrected chi connectivity index (χ0v) is 6.27. The van der Waals surface area contributed by atoms with Gasteiger partial charge in [-0.2, -0.15) is 0 Å². The topological polar surface area (TPSA) is 69.9 Å². The van der Waals surface area contributed by atoms with Crippen molar-refractivity contribution in [1.82, 2.24) is 0 Å². The molecule has 0 spiro atoms. The standard InChI is InChI=1S/C6H11BO4/c1-6(7)5(10)4(9)3(2-8)11-6/h3-5,8-10H,2H2,1H3/t3-,4+,5+,6-/m1/s1. The first-order valence-electron chi connectivity index (χ1n) is 3.42. The van der Waals surface area contributed by atoms with Gasteiger partial charge in [-0.1, -0.05) is 0 Å². The Bertz CT molecular complexity index is 150. The van der Waals surface area contributed by atoms with Gasteiger partial charge in [-0.15, -0.1) is 0 Å². The minimum absolute atomic E-state index is 0.342. The molecular weight excluding hydrogens is 147 g/mol. The largest absolute Gasteiger partial charge is 0.394 e. The summed E-state index contributed by atoms with van der Waals surface area (Å²) >= 11 is 0. The molecule has 1 aliphatic heterocycles. The molecule has 1 aliphatic rings. The molecule has 0 bridgehead atoms. The summed E-state index contributed by atoms with van der Waals surface area (Å²) in [6, 6.07) is 0. The highest BCUT2D eigenvalue weighted by atomic mass is 16.6. The first-order chi connectivity index (χ1) is 4.99. The van der Waals surface area contributed by atoms with Crippen LogP contribution >= 0.6 is 0 Å². The number of aliphatic hydroxyl groups excluding tert-OH is 3. The number of hydrogen-bond donors (Lipinski definition) is 3. The monoisotopic (exact) mass is 158 g/mol. The molecule has 0 aliphatic carbocycles. The van der Waals surface area contributed by atoms with Crippen molar-refractivity contribution >= 4 is 7.85 Å². The molecule has 0 aromatic carbocycles. The molecule has 0 aromatic rings. The molecule has 4 atom stereocenters. The Morgan fingerprint density at radius 1 is 1.55 bits per heavy atom. The van der Waals surface area contributed by atoms with Crippen molar-refractivity contribution in [2.45, 2.75) is 30.7 Å². The molecule has 0 amide bonds. The Labute approximate surface area is 66.2 Å². The van der Waals surface area contributed by atoms with Crippen LogP contribution in [0.3, 0.4) is 0 Å². The molecule has 3 N–H and O–H groups in total. The zero-order valence-electron chi connectivity index (χ0n) is 6.27. The second-order valence-corrected chi connectivity index (χ2v) is 2.96. The van der Waals surface area contributed by atoms with Crippen LogP contribution in [0.2, 0.25) is 0 Å². The summed E-state index contributed by atoms with van der Waals surface area (Å²) in [5, 5.41) is 27.0. The predicted octanol–water partition coefficient (Wildman–Crippen LogP) is -2.02. The molecule has 0 aromatic heterocycles. The molecular formula is C6H11BO4. The maximum Gasteiger partial charge on any atom is 0.117 e. The van der Waals surface area contributed by atoms with Gasteiger partial charge in [0, 0.05) is 0 Å². The van der Waals surface area contributed by atoms with Gasteiger partial charge in [-0.3, -0.25) is 0 Å². The van der Waals surface area contributed by atoms with E-state index in [-0.39, 0.29) is 6.61 Å². The zero-order chi connectivity index (χ0) is 8.65. The smallest absolute Gasteiger partial charge is 0.117 e. The fourth-order valence-corrected chi connectivity index (χ4v) is 1.15. The van der Waals surface area contributed by atoms with E-state index in [0.717, 1.165) is 0 Å². The average Bonchev–Trinajstić information content (AvgIpc) is 2.13.